The molecule has 3 amide bonds. The quantitative estimate of drug-likeness (QED) is 0.363. The van der Waals surface area contributed by atoms with Crippen LogP contribution >= 0.6 is 11.6 Å². The number of carbonyl (C=O) groups is 2. The van der Waals surface area contributed by atoms with E-state index in [4.69, 9.17) is 21.4 Å². The molecule has 1 aromatic heterocycles. The zero-order valence-electron chi connectivity index (χ0n) is 21.5. The van der Waals surface area contributed by atoms with Crippen molar-refractivity contribution in [2.24, 2.45) is 0 Å². The summed E-state index contributed by atoms with van der Waals surface area (Å²) in [4.78, 5) is 27.6. The summed E-state index contributed by atoms with van der Waals surface area (Å²) in [5, 5.41) is 11.1. The number of carbonyl (C=O) groups excluding carboxylic acids is 2. The fraction of sp³-hybridized carbons (Fsp3) is 0.370. The number of nitrogens with zero attached hydrogens (tertiary/aromatic N) is 3. The Bertz CT molecular complexity index is 1170. The van der Waals surface area contributed by atoms with Crippen LogP contribution in [0.25, 0.3) is 5.69 Å². The smallest absolute Gasteiger partial charge is 0.322 e. The molecule has 0 fully saturated rings. The molecule has 2 aromatic carbocycles. The van der Waals surface area contributed by atoms with E-state index in [1.807, 2.05) is 25.1 Å². The van der Waals surface area contributed by atoms with E-state index in [0.717, 1.165) is 24.2 Å². The first-order valence-corrected chi connectivity index (χ1v) is 12.3. The Labute approximate surface area is 217 Å². The molecular weight excluding hydrogens is 478 g/mol. The van der Waals surface area contributed by atoms with Gasteiger partial charge in [0.15, 0.2) is 0 Å². The second-order valence-corrected chi connectivity index (χ2v) is 9.97. The maximum absolute atomic E-state index is 13.1. The predicted octanol–water partition coefficient (Wildman–Crippen LogP) is 6.10. The maximum atomic E-state index is 13.1. The van der Waals surface area contributed by atoms with Crippen molar-refractivity contribution in [3.05, 3.63) is 65.3 Å². The normalized spacial score (nSPS) is 11.2. The van der Waals surface area contributed by atoms with Gasteiger partial charge in [0.2, 0.25) is 5.91 Å². The standard InChI is InChI=1S/C27H34ClN5O3/c1-6-7-16-32(26(35)29-20-10-14-22(36-5)15-11-20)18-25(34)30-24-17-23(27(2,3)4)31-33(24)21-12-8-19(28)9-13-21/h8-15,17H,6-7,16,18H2,1-5H3,(H,29,35)(H,30,34). The number of ether oxygens (including phenoxy) is 1. The van der Waals surface area contributed by atoms with Gasteiger partial charge in [0.25, 0.3) is 0 Å². The lowest BCUT2D eigenvalue weighted by atomic mass is 9.92. The predicted molar refractivity (Wildman–Crippen MR) is 144 cm³/mol. The van der Waals surface area contributed by atoms with E-state index in [-0.39, 0.29) is 23.9 Å². The molecule has 0 saturated heterocycles. The number of anilines is 2. The van der Waals surface area contributed by atoms with Gasteiger partial charge in [-0.15, -0.1) is 0 Å². The Hall–Kier alpha value is -3.52. The highest BCUT2D eigenvalue weighted by atomic mass is 35.5. The van der Waals surface area contributed by atoms with Crippen LogP contribution in [0, 0.1) is 0 Å². The molecule has 0 radical (unpaired) electrons. The summed E-state index contributed by atoms with van der Waals surface area (Å²) in [5.41, 5.74) is 2.00. The fourth-order valence-corrected chi connectivity index (χ4v) is 3.58. The topological polar surface area (TPSA) is 88.5 Å². The van der Waals surface area contributed by atoms with Gasteiger partial charge in [-0.25, -0.2) is 9.48 Å². The van der Waals surface area contributed by atoms with E-state index in [0.29, 0.717) is 28.8 Å². The molecule has 0 aliphatic rings. The Morgan fingerprint density at radius 3 is 2.31 bits per heavy atom. The number of hydrogen-bond donors (Lipinski definition) is 2. The Kier molecular flexibility index (Phi) is 8.98. The van der Waals surface area contributed by atoms with Crippen molar-refractivity contribution in [2.75, 3.05) is 30.8 Å². The third kappa shape index (κ3) is 7.24. The SMILES string of the molecule is CCCCN(CC(=O)Nc1cc(C(C)(C)C)nn1-c1ccc(Cl)cc1)C(=O)Nc1ccc(OC)cc1. The number of hydrogen-bond acceptors (Lipinski definition) is 4. The van der Waals surface area contributed by atoms with E-state index < -0.39 is 0 Å². The minimum absolute atomic E-state index is 0.0986. The molecule has 1 heterocycles. The summed E-state index contributed by atoms with van der Waals surface area (Å²) in [6.45, 7) is 8.57. The van der Waals surface area contributed by atoms with Crippen LogP contribution in [0.1, 0.15) is 46.2 Å². The Morgan fingerprint density at radius 2 is 1.72 bits per heavy atom. The van der Waals surface area contributed by atoms with Gasteiger partial charge in [0.05, 0.1) is 18.5 Å². The third-order valence-electron chi connectivity index (χ3n) is 5.56. The highest BCUT2D eigenvalue weighted by Gasteiger charge is 2.23. The second kappa shape index (κ2) is 11.9. The summed E-state index contributed by atoms with van der Waals surface area (Å²) < 4.78 is 6.85. The van der Waals surface area contributed by atoms with Crippen molar-refractivity contribution < 1.29 is 14.3 Å². The lowest BCUT2D eigenvalue weighted by molar-refractivity contribution is -0.116. The molecule has 0 atom stereocenters. The van der Waals surface area contributed by atoms with E-state index in [1.165, 1.54) is 4.90 Å². The van der Waals surface area contributed by atoms with Crippen molar-refractivity contribution in [2.45, 2.75) is 46.0 Å². The number of rotatable bonds is 9. The highest BCUT2D eigenvalue weighted by molar-refractivity contribution is 6.30. The second-order valence-electron chi connectivity index (χ2n) is 9.53. The van der Waals surface area contributed by atoms with Gasteiger partial charge in [-0.1, -0.05) is 45.7 Å². The summed E-state index contributed by atoms with van der Waals surface area (Å²) in [6, 6.07) is 15.8. The van der Waals surface area contributed by atoms with Crippen LogP contribution in [0.2, 0.25) is 5.02 Å². The van der Waals surface area contributed by atoms with Crippen LogP contribution in [-0.4, -0.2) is 46.8 Å². The van der Waals surface area contributed by atoms with Crippen LogP contribution in [0.5, 0.6) is 5.75 Å². The third-order valence-corrected chi connectivity index (χ3v) is 5.81. The first kappa shape index (κ1) is 27.1. The largest absolute Gasteiger partial charge is 0.497 e. The first-order valence-electron chi connectivity index (χ1n) is 12.0. The van der Waals surface area contributed by atoms with Crippen LogP contribution in [-0.2, 0) is 10.2 Å². The van der Waals surface area contributed by atoms with E-state index in [1.54, 1.807) is 48.2 Å². The van der Waals surface area contributed by atoms with Crippen molar-refractivity contribution >= 4 is 35.0 Å². The number of methoxy groups -OCH3 is 1. The van der Waals surface area contributed by atoms with E-state index >= 15 is 0 Å². The molecule has 3 rings (SSSR count). The molecule has 9 heteroatoms. The number of nitrogens with one attached hydrogen (secondary N) is 2. The van der Waals surface area contributed by atoms with E-state index in [9.17, 15) is 9.59 Å². The van der Waals surface area contributed by atoms with Crippen molar-refractivity contribution in [1.29, 1.82) is 0 Å². The lowest BCUT2D eigenvalue weighted by Crippen LogP contribution is -2.41. The summed E-state index contributed by atoms with van der Waals surface area (Å²) >= 11 is 6.05. The molecule has 0 aliphatic heterocycles. The zero-order chi connectivity index (χ0) is 26.3. The maximum Gasteiger partial charge on any atom is 0.322 e. The number of unbranched alkanes of at least 4 members (excludes halogenated alkanes) is 1. The average molecular weight is 512 g/mol. The monoisotopic (exact) mass is 511 g/mol. The average Bonchev–Trinajstić information content (AvgIpc) is 3.27. The summed E-state index contributed by atoms with van der Waals surface area (Å²) in [5.74, 6) is 0.909. The summed E-state index contributed by atoms with van der Waals surface area (Å²) in [6.07, 6.45) is 1.67. The molecule has 192 valence electrons. The van der Waals surface area contributed by atoms with Crippen molar-refractivity contribution in [1.82, 2.24) is 14.7 Å². The number of aromatic nitrogens is 2. The van der Waals surface area contributed by atoms with Crippen LogP contribution in [0.4, 0.5) is 16.3 Å². The molecule has 0 bridgehead atoms. The van der Waals surface area contributed by atoms with Gasteiger partial charge in [0.1, 0.15) is 18.1 Å². The molecule has 2 N–H and O–H groups in total. The zero-order valence-corrected chi connectivity index (χ0v) is 22.2. The number of halogens is 1. The highest BCUT2D eigenvalue weighted by Crippen LogP contribution is 2.27. The van der Waals surface area contributed by atoms with Gasteiger partial charge >= 0.3 is 6.03 Å². The summed E-state index contributed by atoms with van der Waals surface area (Å²) in [7, 11) is 1.59. The molecule has 0 saturated carbocycles. The van der Waals surface area contributed by atoms with Gasteiger partial charge < -0.3 is 20.3 Å². The molecule has 0 spiro atoms. The van der Waals surface area contributed by atoms with Gasteiger partial charge in [-0.05, 0) is 55.0 Å². The minimum atomic E-state index is -0.342. The molecule has 0 unspecified atom stereocenters. The van der Waals surface area contributed by atoms with Crippen LogP contribution in [0.15, 0.2) is 54.6 Å². The molecule has 0 aliphatic carbocycles. The number of benzene rings is 2. The Balaban J connectivity index is 1.78. The van der Waals surface area contributed by atoms with Crippen molar-refractivity contribution in [3.63, 3.8) is 0 Å². The fourth-order valence-electron chi connectivity index (χ4n) is 3.45. The van der Waals surface area contributed by atoms with Gasteiger partial charge in [0, 0.05) is 28.7 Å². The molecule has 3 aromatic rings. The van der Waals surface area contributed by atoms with Gasteiger partial charge in [-0.2, -0.15) is 5.10 Å². The van der Waals surface area contributed by atoms with Gasteiger partial charge in [-0.3, -0.25) is 4.79 Å². The minimum Gasteiger partial charge on any atom is -0.497 e. The number of urea groups is 1. The Morgan fingerprint density at radius 1 is 1.06 bits per heavy atom. The molecule has 8 nitrogen and oxygen atoms in total. The van der Waals surface area contributed by atoms with Crippen LogP contribution in [0.3, 0.4) is 0 Å². The number of amides is 3. The molecular formula is C27H34ClN5O3. The first-order chi connectivity index (χ1) is 17.1. The lowest BCUT2D eigenvalue weighted by Gasteiger charge is -2.22. The molecule has 36 heavy (non-hydrogen) atoms. The van der Waals surface area contributed by atoms with Crippen molar-refractivity contribution in [3.8, 4) is 11.4 Å². The van der Waals surface area contributed by atoms with E-state index in [2.05, 4.69) is 31.4 Å². The van der Waals surface area contributed by atoms with Crippen LogP contribution < -0.4 is 15.4 Å².